The standard InChI is InChI=1S/C16H20N4O2S/c1-10(2)15(14-5-4-6-23-14)18-16(21)13-7-12(19-22-13)11-8-17-20(3)9-11/h4-6,8-10,13,15H,7H2,1-3H3,(H,18,21)/t13-,15+/m0/s1. The Balaban J connectivity index is 1.63. The Morgan fingerprint density at radius 1 is 1.52 bits per heavy atom. The van der Waals surface area contributed by atoms with Gasteiger partial charge in [0.2, 0.25) is 6.10 Å². The molecule has 0 unspecified atom stereocenters. The van der Waals surface area contributed by atoms with Crippen molar-refractivity contribution >= 4 is 23.0 Å². The summed E-state index contributed by atoms with van der Waals surface area (Å²) in [5.74, 6) is 0.178. The quantitative estimate of drug-likeness (QED) is 0.914. The van der Waals surface area contributed by atoms with E-state index in [1.807, 2.05) is 30.8 Å². The van der Waals surface area contributed by atoms with Gasteiger partial charge in [0.15, 0.2) is 0 Å². The maximum atomic E-state index is 12.5. The fourth-order valence-corrected chi connectivity index (χ4v) is 3.49. The summed E-state index contributed by atoms with van der Waals surface area (Å²) in [6, 6.07) is 4.04. The van der Waals surface area contributed by atoms with E-state index in [0.717, 1.165) is 16.2 Å². The van der Waals surface area contributed by atoms with E-state index in [1.54, 1.807) is 22.2 Å². The summed E-state index contributed by atoms with van der Waals surface area (Å²) >= 11 is 1.65. The van der Waals surface area contributed by atoms with E-state index >= 15 is 0 Å². The van der Waals surface area contributed by atoms with Crippen LogP contribution in [0.25, 0.3) is 0 Å². The molecule has 1 aliphatic heterocycles. The minimum absolute atomic E-state index is 0.00598. The molecule has 0 bridgehead atoms. The first-order valence-corrected chi connectivity index (χ1v) is 8.48. The van der Waals surface area contributed by atoms with Crippen molar-refractivity contribution in [1.29, 1.82) is 0 Å². The number of aryl methyl sites for hydroxylation is 1. The highest BCUT2D eigenvalue weighted by molar-refractivity contribution is 7.10. The van der Waals surface area contributed by atoms with E-state index in [0.29, 0.717) is 12.3 Å². The topological polar surface area (TPSA) is 68.5 Å². The van der Waals surface area contributed by atoms with Gasteiger partial charge in [0.25, 0.3) is 5.91 Å². The summed E-state index contributed by atoms with van der Waals surface area (Å²) < 4.78 is 1.71. The van der Waals surface area contributed by atoms with Crippen molar-refractivity contribution in [2.75, 3.05) is 0 Å². The number of aromatic nitrogens is 2. The number of carbonyl (C=O) groups is 1. The van der Waals surface area contributed by atoms with Crippen LogP contribution in [-0.4, -0.2) is 27.5 Å². The average Bonchev–Trinajstić information content (AvgIpc) is 3.24. The summed E-state index contributed by atoms with van der Waals surface area (Å²) in [6.07, 6.45) is 3.48. The molecule has 0 saturated heterocycles. The van der Waals surface area contributed by atoms with Crippen LogP contribution in [0.1, 0.15) is 36.8 Å². The van der Waals surface area contributed by atoms with Crippen molar-refractivity contribution in [2.24, 2.45) is 18.1 Å². The molecule has 1 amide bonds. The van der Waals surface area contributed by atoms with Crippen LogP contribution in [0.15, 0.2) is 35.1 Å². The second-order valence-corrected chi connectivity index (χ2v) is 6.96. The van der Waals surface area contributed by atoms with Crippen LogP contribution in [0.2, 0.25) is 0 Å². The van der Waals surface area contributed by atoms with Gasteiger partial charge in [0.1, 0.15) is 0 Å². The van der Waals surface area contributed by atoms with E-state index in [9.17, 15) is 4.79 Å². The second-order valence-electron chi connectivity index (χ2n) is 5.98. The summed E-state index contributed by atoms with van der Waals surface area (Å²) in [5, 5.41) is 13.3. The van der Waals surface area contributed by atoms with Gasteiger partial charge in [0, 0.05) is 30.1 Å². The Bertz CT molecular complexity index is 705. The molecule has 23 heavy (non-hydrogen) atoms. The molecule has 1 N–H and O–H groups in total. The first kappa shape index (κ1) is 15.7. The SMILES string of the molecule is CC(C)[C@@H](NC(=O)[C@@H]1CC(c2cnn(C)c2)=NO1)c1cccs1. The van der Waals surface area contributed by atoms with E-state index in [-0.39, 0.29) is 11.9 Å². The third-order valence-electron chi connectivity index (χ3n) is 3.81. The van der Waals surface area contributed by atoms with Crippen molar-refractivity contribution in [3.63, 3.8) is 0 Å². The molecule has 0 aromatic carbocycles. The lowest BCUT2D eigenvalue weighted by atomic mass is 10.0. The number of nitrogens with zero attached hydrogens (tertiary/aromatic N) is 3. The molecular formula is C16H20N4O2S. The van der Waals surface area contributed by atoms with Crippen LogP contribution < -0.4 is 5.32 Å². The first-order chi connectivity index (χ1) is 11.0. The Hall–Kier alpha value is -2.15. The highest BCUT2D eigenvalue weighted by Gasteiger charge is 2.31. The number of oxime groups is 1. The first-order valence-electron chi connectivity index (χ1n) is 7.60. The van der Waals surface area contributed by atoms with Gasteiger partial charge in [-0.3, -0.25) is 9.48 Å². The molecule has 0 saturated carbocycles. The summed E-state index contributed by atoms with van der Waals surface area (Å²) in [6.45, 7) is 4.19. The number of hydrogen-bond acceptors (Lipinski definition) is 5. The smallest absolute Gasteiger partial charge is 0.264 e. The largest absolute Gasteiger partial charge is 0.382 e. The minimum Gasteiger partial charge on any atom is -0.382 e. The fraction of sp³-hybridized carbons (Fsp3) is 0.438. The fourth-order valence-electron chi connectivity index (χ4n) is 2.54. The molecule has 1 aliphatic rings. The lowest BCUT2D eigenvalue weighted by Crippen LogP contribution is -2.38. The van der Waals surface area contributed by atoms with Gasteiger partial charge in [0.05, 0.1) is 18.0 Å². The zero-order valence-corrected chi connectivity index (χ0v) is 14.2. The third-order valence-corrected chi connectivity index (χ3v) is 4.77. The Morgan fingerprint density at radius 2 is 2.35 bits per heavy atom. The van der Waals surface area contributed by atoms with Crippen LogP contribution in [0.4, 0.5) is 0 Å². The van der Waals surface area contributed by atoms with Gasteiger partial charge in [-0.25, -0.2) is 0 Å². The lowest BCUT2D eigenvalue weighted by molar-refractivity contribution is -0.132. The maximum Gasteiger partial charge on any atom is 0.264 e. The lowest BCUT2D eigenvalue weighted by Gasteiger charge is -2.22. The molecule has 0 radical (unpaired) electrons. The van der Waals surface area contributed by atoms with Crippen LogP contribution in [-0.2, 0) is 16.7 Å². The zero-order chi connectivity index (χ0) is 16.4. The van der Waals surface area contributed by atoms with Gasteiger partial charge in [-0.2, -0.15) is 5.10 Å². The highest BCUT2D eigenvalue weighted by atomic mass is 32.1. The van der Waals surface area contributed by atoms with E-state index in [4.69, 9.17) is 4.84 Å². The predicted molar refractivity (Wildman–Crippen MR) is 89.3 cm³/mol. The molecule has 0 fully saturated rings. The van der Waals surface area contributed by atoms with Crippen molar-refractivity contribution in [2.45, 2.75) is 32.4 Å². The molecule has 3 rings (SSSR count). The number of carbonyl (C=O) groups excluding carboxylic acids is 1. The molecule has 6 nitrogen and oxygen atoms in total. The Labute approximate surface area is 139 Å². The zero-order valence-electron chi connectivity index (χ0n) is 13.4. The van der Waals surface area contributed by atoms with Crippen molar-refractivity contribution in [3.8, 4) is 0 Å². The van der Waals surface area contributed by atoms with Gasteiger partial charge in [-0.1, -0.05) is 25.1 Å². The molecule has 2 atom stereocenters. The van der Waals surface area contributed by atoms with Crippen LogP contribution in [0, 0.1) is 5.92 Å². The van der Waals surface area contributed by atoms with Crippen LogP contribution >= 0.6 is 11.3 Å². The molecule has 7 heteroatoms. The van der Waals surface area contributed by atoms with Crippen LogP contribution in [0.3, 0.4) is 0 Å². The van der Waals surface area contributed by atoms with Gasteiger partial charge < -0.3 is 10.2 Å². The number of thiophene rings is 1. The Kier molecular flexibility index (Phi) is 4.47. The van der Waals surface area contributed by atoms with Gasteiger partial charge in [-0.05, 0) is 17.4 Å². The molecule has 0 aliphatic carbocycles. The number of amides is 1. The maximum absolute atomic E-state index is 12.5. The minimum atomic E-state index is -0.577. The van der Waals surface area contributed by atoms with E-state index in [1.165, 1.54) is 0 Å². The van der Waals surface area contributed by atoms with E-state index < -0.39 is 6.10 Å². The predicted octanol–water partition coefficient (Wildman–Crippen LogP) is 2.49. The van der Waals surface area contributed by atoms with Crippen molar-refractivity contribution < 1.29 is 9.63 Å². The molecule has 2 aromatic heterocycles. The number of nitrogens with one attached hydrogen (secondary N) is 1. The summed E-state index contributed by atoms with van der Waals surface area (Å²) in [4.78, 5) is 19.0. The molecule has 0 spiro atoms. The average molecular weight is 332 g/mol. The number of hydrogen-bond donors (Lipinski definition) is 1. The van der Waals surface area contributed by atoms with Gasteiger partial charge in [-0.15, -0.1) is 11.3 Å². The molecule has 3 heterocycles. The summed E-state index contributed by atoms with van der Waals surface area (Å²) in [5.41, 5.74) is 1.65. The van der Waals surface area contributed by atoms with Crippen molar-refractivity contribution in [1.82, 2.24) is 15.1 Å². The summed E-state index contributed by atoms with van der Waals surface area (Å²) in [7, 11) is 1.85. The second kappa shape index (κ2) is 6.54. The molecular weight excluding hydrogens is 312 g/mol. The molecule has 122 valence electrons. The number of rotatable bonds is 5. The van der Waals surface area contributed by atoms with E-state index in [2.05, 4.69) is 29.4 Å². The van der Waals surface area contributed by atoms with Crippen molar-refractivity contribution in [3.05, 3.63) is 40.3 Å². The van der Waals surface area contributed by atoms with Gasteiger partial charge >= 0.3 is 0 Å². The highest BCUT2D eigenvalue weighted by Crippen LogP contribution is 2.26. The third kappa shape index (κ3) is 3.44. The van der Waals surface area contributed by atoms with Crippen LogP contribution in [0.5, 0.6) is 0 Å². The Morgan fingerprint density at radius 3 is 2.96 bits per heavy atom. The molecule has 2 aromatic rings. The normalized spacial score (nSPS) is 18.6. The monoisotopic (exact) mass is 332 g/mol.